The molecule has 0 saturated carbocycles. The summed E-state index contributed by atoms with van der Waals surface area (Å²) in [6.07, 6.45) is 0. The number of benzene rings is 1. The van der Waals surface area contributed by atoms with Gasteiger partial charge >= 0.3 is 5.97 Å². The molecule has 0 aliphatic carbocycles. The summed E-state index contributed by atoms with van der Waals surface area (Å²) in [4.78, 5) is 18.1. The SMILES string of the molecule is CN=C(NCc1cc(F)ccc1Br)N1CC(C)C(C(=O)OC)C1. The maximum atomic E-state index is 13.3. The number of hydrogen-bond donors (Lipinski definition) is 1. The normalized spacial score (nSPS) is 21.4. The topological polar surface area (TPSA) is 53.9 Å². The summed E-state index contributed by atoms with van der Waals surface area (Å²) in [7, 11) is 3.10. The largest absolute Gasteiger partial charge is 0.469 e. The van der Waals surface area contributed by atoms with Crippen LogP contribution in [0, 0.1) is 17.7 Å². The highest BCUT2D eigenvalue weighted by Gasteiger charge is 2.36. The van der Waals surface area contributed by atoms with Crippen LogP contribution in [0.3, 0.4) is 0 Å². The molecular weight excluding hydrogens is 365 g/mol. The number of methoxy groups -OCH3 is 1. The van der Waals surface area contributed by atoms with Gasteiger partial charge < -0.3 is 15.0 Å². The van der Waals surface area contributed by atoms with Gasteiger partial charge in [-0.3, -0.25) is 9.79 Å². The van der Waals surface area contributed by atoms with E-state index in [0.717, 1.165) is 16.6 Å². The second kappa shape index (κ2) is 7.77. The molecule has 2 rings (SSSR count). The Bertz CT molecular complexity index is 609. The lowest BCUT2D eigenvalue weighted by Gasteiger charge is -2.21. The summed E-state index contributed by atoms with van der Waals surface area (Å²) < 4.78 is 19.0. The molecule has 1 aliphatic rings. The molecule has 1 saturated heterocycles. The number of ether oxygens (including phenoxy) is 1. The van der Waals surface area contributed by atoms with Crippen molar-refractivity contribution < 1.29 is 13.9 Å². The predicted molar refractivity (Wildman–Crippen MR) is 90.5 cm³/mol. The zero-order chi connectivity index (χ0) is 17.0. The molecule has 0 bridgehead atoms. The number of aliphatic imine (C=N–C) groups is 1. The molecule has 5 nitrogen and oxygen atoms in total. The van der Waals surface area contributed by atoms with Gasteiger partial charge in [0, 0.05) is 31.2 Å². The van der Waals surface area contributed by atoms with Crippen molar-refractivity contribution in [2.45, 2.75) is 13.5 Å². The highest BCUT2D eigenvalue weighted by atomic mass is 79.9. The Labute approximate surface area is 144 Å². The van der Waals surface area contributed by atoms with E-state index >= 15 is 0 Å². The molecule has 1 aromatic rings. The highest BCUT2D eigenvalue weighted by molar-refractivity contribution is 9.10. The number of carbonyl (C=O) groups is 1. The highest BCUT2D eigenvalue weighted by Crippen LogP contribution is 2.24. The number of nitrogens with one attached hydrogen (secondary N) is 1. The number of rotatable bonds is 3. The number of likely N-dealkylation sites (tertiary alicyclic amines) is 1. The number of halogens is 2. The van der Waals surface area contributed by atoms with Crippen LogP contribution in [0.2, 0.25) is 0 Å². The Morgan fingerprint density at radius 1 is 1.52 bits per heavy atom. The fraction of sp³-hybridized carbons (Fsp3) is 0.500. The monoisotopic (exact) mass is 385 g/mol. The Kier molecular flexibility index (Phi) is 5.98. The van der Waals surface area contributed by atoms with Gasteiger partial charge in [-0.2, -0.15) is 0 Å². The summed E-state index contributed by atoms with van der Waals surface area (Å²) in [6, 6.07) is 4.57. The maximum absolute atomic E-state index is 13.3. The van der Waals surface area contributed by atoms with Crippen molar-refractivity contribution in [3.8, 4) is 0 Å². The predicted octanol–water partition coefficient (Wildman–Crippen LogP) is 2.40. The third-order valence-electron chi connectivity index (χ3n) is 4.07. The van der Waals surface area contributed by atoms with E-state index in [1.165, 1.54) is 19.2 Å². The molecule has 1 aliphatic heterocycles. The Hall–Kier alpha value is -1.63. The minimum atomic E-state index is -0.277. The second-order valence-corrected chi connectivity index (χ2v) is 6.50. The van der Waals surface area contributed by atoms with Gasteiger partial charge in [0.05, 0.1) is 13.0 Å². The Morgan fingerprint density at radius 2 is 2.26 bits per heavy atom. The molecule has 1 heterocycles. The van der Waals surface area contributed by atoms with E-state index in [1.807, 2.05) is 11.8 Å². The first kappa shape index (κ1) is 17.7. The first-order valence-electron chi connectivity index (χ1n) is 7.43. The summed E-state index contributed by atoms with van der Waals surface area (Å²) in [5.41, 5.74) is 0.808. The van der Waals surface area contributed by atoms with Crippen LogP contribution >= 0.6 is 15.9 Å². The minimum absolute atomic E-state index is 0.153. The number of hydrogen-bond acceptors (Lipinski definition) is 3. The van der Waals surface area contributed by atoms with Crippen molar-refractivity contribution >= 4 is 27.9 Å². The van der Waals surface area contributed by atoms with Gasteiger partial charge in [0.25, 0.3) is 0 Å². The molecule has 7 heteroatoms. The van der Waals surface area contributed by atoms with Crippen LogP contribution in [-0.4, -0.2) is 44.1 Å². The van der Waals surface area contributed by atoms with Gasteiger partial charge in [-0.1, -0.05) is 22.9 Å². The third kappa shape index (κ3) is 4.22. The van der Waals surface area contributed by atoms with E-state index in [0.29, 0.717) is 19.0 Å². The van der Waals surface area contributed by atoms with Crippen LogP contribution in [-0.2, 0) is 16.1 Å². The summed E-state index contributed by atoms with van der Waals surface area (Å²) in [6.45, 7) is 3.76. The summed E-state index contributed by atoms with van der Waals surface area (Å²) >= 11 is 3.41. The van der Waals surface area contributed by atoms with E-state index in [1.54, 1.807) is 13.1 Å². The zero-order valence-corrected chi connectivity index (χ0v) is 15.1. The second-order valence-electron chi connectivity index (χ2n) is 5.65. The molecule has 0 radical (unpaired) electrons. The fourth-order valence-electron chi connectivity index (χ4n) is 2.78. The molecule has 0 amide bonds. The minimum Gasteiger partial charge on any atom is -0.469 e. The average molecular weight is 386 g/mol. The van der Waals surface area contributed by atoms with Gasteiger partial charge in [-0.25, -0.2) is 4.39 Å². The van der Waals surface area contributed by atoms with Gasteiger partial charge in [-0.15, -0.1) is 0 Å². The quantitative estimate of drug-likeness (QED) is 0.493. The van der Waals surface area contributed by atoms with Gasteiger partial charge in [0.1, 0.15) is 5.82 Å². The van der Waals surface area contributed by atoms with Crippen LogP contribution < -0.4 is 5.32 Å². The van der Waals surface area contributed by atoms with Gasteiger partial charge in [-0.05, 0) is 29.7 Å². The third-order valence-corrected chi connectivity index (χ3v) is 4.85. The molecular formula is C16H21BrFN3O2. The zero-order valence-electron chi connectivity index (χ0n) is 13.5. The summed E-state index contributed by atoms with van der Waals surface area (Å²) in [5.74, 6) is 0.268. The number of nitrogens with zero attached hydrogens (tertiary/aromatic N) is 2. The first-order chi connectivity index (χ1) is 11.0. The van der Waals surface area contributed by atoms with Crippen molar-refractivity contribution in [3.63, 3.8) is 0 Å². The number of carbonyl (C=O) groups excluding carboxylic acids is 1. The van der Waals surface area contributed by atoms with Crippen LogP contribution in [0.4, 0.5) is 4.39 Å². The molecule has 1 fully saturated rings. The molecule has 0 aromatic heterocycles. The van der Waals surface area contributed by atoms with E-state index in [2.05, 4.69) is 26.2 Å². The standard InChI is InChI=1S/C16H21BrFN3O2/c1-10-8-21(9-13(10)15(22)23-3)16(19-2)20-7-11-6-12(18)4-5-14(11)17/h4-6,10,13H,7-9H2,1-3H3,(H,19,20). The van der Waals surface area contributed by atoms with E-state index < -0.39 is 0 Å². The van der Waals surface area contributed by atoms with Crippen LogP contribution in [0.15, 0.2) is 27.7 Å². The first-order valence-corrected chi connectivity index (χ1v) is 8.23. The molecule has 1 aromatic carbocycles. The van der Waals surface area contributed by atoms with E-state index in [-0.39, 0.29) is 23.6 Å². The Balaban J connectivity index is 2.01. The van der Waals surface area contributed by atoms with Crippen molar-refractivity contribution in [1.82, 2.24) is 10.2 Å². The smallest absolute Gasteiger partial charge is 0.310 e. The number of esters is 1. The maximum Gasteiger partial charge on any atom is 0.310 e. The molecule has 2 unspecified atom stereocenters. The van der Waals surface area contributed by atoms with Crippen LogP contribution in [0.1, 0.15) is 12.5 Å². The lowest BCUT2D eigenvalue weighted by atomic mass is 9.99. The van der Waals surface area contributed by atoms with Crippen molar-refractivity contribution in [3.05, 3.63) is 34.1 Å². The van der Waals surface area contributed by atoms with Crippen LogP contribution in [0.25, 0.3) is 0 Å². The van der Waals surface area contributed by atoms with E-state index in [9.17, 15) is 9.18 Å². The van der Waals surface area contributed by atoms with Gasteiger partial charge in [0.2, 0.25) is 0 Å². The molecule has 2 atom stereocenters. The van der Waals surface area contributed by atoms with Crippen molar-refractivity contribution in [1.29, 1.82) is 0 Å². The van der Waals surface area contributed by atoms with E-state index in [4.69, 9.17) is 4.74 Å². The molecule has 1 N–H and O–H groups in total. The molecule has 0 spiro atoms. The van der Waals surface area contributed by atoms with Crippen molar-refractivity contribution in [2.75, 3.05) is 27.2 Å². The van der Waals surface area contributed by atoms with Gasteiger partial charge in [0.15, 0.2) is 5.96 Å². The molecule has 23 heavy (non-hydrogen) atoms. The van der Waals surface area contributed by atoms with Crippen molar-refractivity contribution in [2.24, 2.45) is 16.8 Å². The number of guanidine groups is 1. The molecule has 126 valence electrons. The van der Waals surface area contributed by atoms with Crippen LogP contribution in [0.5, 0.6) is 0 Å². The summed E-state index contributed by atoms with van der Waals surface area (Å²) in [5, 5.41) is 3.22. The lowest BCUT2D eigenvalue weighted by molar-refractivity contribution is -0.145. The Morgan fingerprint density at radius 3 is 2.91 bits per heavy atom. The average Bonchev–Trinajstić information content (AvgIpc) is 2.92. The fourth-order valence-corrected chi connectivity index (χ4v) is 3.17. The lowest BCUT2D eigenvalue weighted by Crippen LogP contribution is -2.40.